The molecule has 0 rings (SSSR count). The highest BCUT2D eigenvalue weighted by Gasteiger charge is 2.20. The lowest BCUT2D eigenvalue weighted by Crippen LogP contribution is -2.19. The molecule has 1 N–H and O–H groups in total. The molecule has 0 spiro atoms. The lowest BCUT2D eigenvalue weighted by Gasteiger charge is -2.09. The van der Waals surface area contributed by atoms with Gasteiger partial charge in [-0.3, -0.25) is 9.59 Å². The summed E-state index contributed by atoms with van der Waals surface area (Å²) < 4.78 is 4.62. The first-order valence-electron chi connectivity index (χ1n) is 8.06. The quantitative estimate of drug-likeness (QED) is 0.312. The van der Waals surface area contributed by atoms with Gasteiger partial charge in [0.05, 0.1) is 19.4 Å². The van der Waals surface area contributed by atoms with Crippen LogP contribution in [0.1, 0.15) is 71.1 Å². The highest BCUT2D eigenvalue weighted by molar-refractivity contribution is 5.79. The summed E-state index contributed by atoms with van der Waals surface area (Å²) in [5.41, 5.74) is 0. The molecule has 0 aromatic heterocycles. The van der Waals surface area contributed by atoms with E-state index in [0.29, 0.717) is 6.42 Å². The number of allylic oxidation sites excluding steroid dienone is 2. The average Bonchev–Trinajstić information content (AvgIpc) is 2.46. The molecule has 0 bridgehead atoms. The van der Waals surface area contributed by atoms with Gasteiger partial charge in [0.1, 0.15) is 0 Å². The summed E-state index contributed by atoms with van der Waals surface area (Å²) >= 11 is 0. The van der Waals surface area contributed by atoms with Gasteiger partial charge in [-0.2, -0.15) is 0 Å². The summed E-state index contributed by atoms with van der Waals surface area (Å²) in [5, 5.41) is 8.76. The van der Waals surface area contributed by atoms with Crippen LogP contribution in [-0.2, 0) is 14.3 Å². The number of hydrogen-bond donors (Lipinski definition) is 1. The molecule has 0 aromatic carbocycles. The van der Waals surface area contributed by atoms with Crippen molar-refractivity contribution in [1.29, 1.82) is 0 Å². The van der Waals surface area contributed by atoms with E-state index in [1.807, 2.05) is 12.2 Å². The number of carboxylic acids is 1. The molecule has 1 unspecified atom stereocenters. The lowest BCUT2D eigenvalue weighted by molar-refractivity contribution is -0.150. The Morgan fingerprint density at radius 2 is 1.67 bits per heavy atom. The number of unbranched alkanes of at least 4 members (excludes halogenated alkanes) is 7. The second-order valence-electron chi connectivity index (χ2n) is 5.44. The maximum absolute atomic E-state index is 11.4. The standard InChI is InChI=1S/C17H30O4/c1-3-4-5-6-7-8-9-10-11-12-13-15(14-16(18)19)17(20)21-2/h11-12,15H,3-10,13-14H2,1-2H3,(H,18,19)/b12-11+. The number of carbonyl (C=O) groups is 2. The number of hydrogen-bond acceptors (Lipinski definition) is 3. The van der Waals surface area contributed by atoms with E-state index in [-0.39, 0.29) is 6.42 Å². The van der Waals surface area contributed by atoms with E-state index in [0.717, 1.165) is 12.8 Å². The Balaban J connectivity index is 3.71. The topological polar surface area (TPSA) is 63.6 Å². The Morgan fingerprint density at radius 1 is 1.05 bits per heavy atom. The monoisotopic (exact) mass is 298 g/mol. The van der Waals surface area contributed by atoms with E-state index in [1.165, 1.54) is 45.6 Å². The van der Waals surface area contributed by atoms with Crippen LogP contribution in [0, 0.1) is 5.92 Å². The third kappa shape index (κ3) is 12.2. The van der Waals surface area contributed by atoms with E-state index in [9.17, 15) is 9.59 Å². The fourth-order valence-corrected chi connectivity index (χ4v) is 2.24. The van der Waals surface area contributed by atoms with Crippen LogP contribution in [0.2, 0.25) is 0 Å². The van der Waals surface area contributed by atoms with Gasteiger partial charge in [0, 0.05) is 0 Å². The van der Waals surface area contributed by atoms with Gasteiger partial charge in [0.15, 0.2) is 0 Å². The largest absolute Gasteiger partial charge is 0.481 e. The zero-order valence-corrected chi connectivity index (χ0v) is 13.5. The molecular formula is C17H30O4. The third-order valence-corrected chi connectivity index (χ3v) is 3.52. The maximum atomic E-state index is 11.4. The van der Waals surface area contributed by atoms with E-state index < -0.39 is 17.9 Å². The number of aliphatic carboxylic acids is 1. The number of esters is 1. The van der Waals surface area contributed by atoms with Crippen LogP contribution in [0.25, 0.3) is 0 Å². The first-order valence-corrected chi connectivity index (χ1v) is 8.06. The van der Waals surface area contributed by atoms with Crippen LogP contribution in [0.15, 0.2) is 12.2 Å². The van der Waals surface area contributed by atoms with Gasteiger partial charge >= 0.3 is 11.9 Å². The van der Waals surface area contributed by atoms with Gasteiger partial charge < -0.3 is 9.84 Å². The van der Waals surface area contributed by atoms with Crippen LogP contribution >= 0.6 is 0 Å². The molecule has 21 heavy (non-hydrogen) atoms. The van der Waals surface area contributed by atoms with Crippen molar-refractivity contribution < 1.29 is 19.4 Å². The fourth-order valence-electron chi connectivity index (χ4n) is 2.24. The van der Waals surface area contributed by atoms with Crippen LogP contribution in [-0.4, -0.2) is 24.2 Å². The van der Waals surface area contributed by atoms with Crippen LogP contribution in [0.5, 0.6) is 0 Å². The Hall–Kier alpha value is -1.32. The third-order valence-electron chi connectivity index (χ3n) is 3.52. The molecule has 0 saturated heterocycles. The zero-order valence-electron chi connectivity index (χ0n) is 13.5. The Bertz CT molecular complexity index is 310. The fraction of sp³-hybridized carbons (Fsp3) is 0.765. The highest BCUT2D eigenvalue weighted by atomic mass is 16.5. The SMILES string of the molecule is CCCCCCCCC/C=C/CC(CC(=O)O)C(=O)OC. The van der Waals surface area contributed by atoms with Crippen LogP contribution in [0.3, 0.4) is 0 Å². The molecule has 0 heterocycles. The van der Waals surface area contributed by atoms with Crippen molar-refractivity contribution in [3.63, 3.8) is 0 Å². The molecule has 122 valence electrons. The molecule has 0 amide bonds. The van der Waals surface area contributed by atoms with Crippen molar-refractivity contribution in [1.82, 2.24) is 0 Å². The van der Waals surface area contributed by atoms with Crippen molar-refractivity contribution in [3.05, 3.63) is 12.2 Å². The molecule has 1 atom stereocenters. The molecular weight excluding hydrogens is 268 g/mol. The van der Waals surface area contributed by atoms with Crippen LogP contribution in [0.4, 0.5) is 0 Å². The summed E-state index contributed by atoms with van der Waals surface area (Å²) in [6.07, 6.45) is 14.2. The molecule has 0 radical (unpaired) electrons. The molecule has 4 nitrogen and oxygen atoms in total. The minimum absolute atomic E-state index is 0.172. The number of rotatable bonds is 13. The number of carboxylic acid groups (broad SMARTS) is 1. The van der Waals surface area contributed by atoms with Gasteiger partial charge in [-0.15, -0.1) is 0 Å². The van der Waals surface area contributed by atoms with E-state index >= 15 is 0 Å². The second-order valence-corrected chi connectivity index (χ2v) is 5.44. The normalized spacial score (nSPS) is 12.5. The number of methoxy groups -OCH3 is 1. The van der Waals surface area contributed by atoms with Crippen molar-refractivity contribution >= 4 is 11.9 Å². The predicted molar refractivity (Wildman–Crippen MR) is 84.1 cm³/mol. The molecule has 0 aliphatic heterocycles. The van der Waals surface area contributed by atoms with Crippen molar-refractivity contribution in [2.75, 3.05) is 7.11 Å². The smallest absolute Gasteiger partial charge is 0.309 e. The van der Waals surface area contributed by atoms with E-state index in [4.69, 9.17) is 5.11 Å². The van der Waals surface area contributed by atoms with Crippen molar-refractivity contribution in [2.24, 2.45) is 5.92 Å². The number of carbonyl (C=O) groups excluding carboxylic acids is 1. The van der Waals surface area contributed by atoms with Gasteiger partial charge in [0.2, 0.25) is 0 Å². The average molecular weight is 298 g/mol. The summed E-state index contributed by atoms with van der Waals surface area (Å²) in [4.78, 5) is 22.1. The molecule has 0 saturated carbocycles. The van der Waals surface area contributed by atoms with Crippen molar-refractivity contribution in [3.8, 4) is 0 Å². The molecule has 0 aliphatic rings. The molecule has 4 heteroatoms. The predicted octanol–water partition coefficient (Wildman–Crippen LogP) is 4.34. The summed E-state index contributed by atoms with van der Waals surface area (Å²) in [6, 6.07) is 0. The van der Waals surface area contributed by atoms with Crippen molar-refractivity contribution in [2.45, 2.75) is 71.1 Å². The Kier molecular flexibility index (Phi) is 12.8. The van der Waals surface area contributed by atoms with Gasteiger partial charge in [0.25, 0.3) is 0 Å². The Morgan fingerprint density at radius 3 is 2.24 bits per heavy atom. The summed E-state index contributed by atoms with van der Waals surface area (Å²) in [5.74, 6) is -1.98. The first-order chi connectivity index (χ1) is 10.1. The summed E-state index contributed by atoms with van der Waals surface area (Å²) in [7, 11) is 1.29. The highest BCUT2D eigenvalue weighted by Crippen LogP contribution is 2.13. The molecule has 0 aromatic rings. The van der Waals surface area contributed by atoms with E-state index in [1.54, 1.807) is 0 Å². The minimum atomic E-state index is -0.967. The van der Waals surface area contributed by atoms with E-state index in [2.05, 4.69) is 11.7 Å². The van der Waals surface area contributed by atoms with Gasteiger partial charge in [-0.05, 0) is 19.3 Å². The minimum Gasteiger partial charge on any atom is -0.481 e. The van der Waals surface area contributed by atoms with Gasteiger partial charge in [-0.1, -0.05) is 57.6 Å². The lowest BCUT2D eigenvalue weighted by atomic mass is 10.0. The number of ether oxygens (including phenoxy) is 1. The molecule has 0 fully saturated rings. The zero-order chi connectivity index (χ0) is 15.9. The molecule has 0 aliphatic carbocycles. The maximum Gasteiger partial charge on any atom is 0.309 e. The van der Waals surface area contributed by atoms with Crippen LogP contribution < -0.4 is 0 Å². The Labute approximate surface area is 128 Å². The second kappa shape index (κ2) is 13.7. The van der Waals surface area contributed by atoms with Gasteiger partial charge in [-0.25, -0.2) is 0 Å². The first kappa shape index (κ1) is 19.7. The summed E-state index contributed by atoms with van der Waals surface area (Å²) in [6.45, 7) is 2.22.